The van der Waals surface area contributed by atoms with Crippen molar-refractivity contribution >= 4 is 11.3 Å². The number of benzene rings is 1. The van der Waals surface area contributed by atoms with Crippen molar-refractivity contribution in [3.05, 3.63) is 34.0 Å². The predicted octanol–water partition coefficient (Wildman–Crippen LogP) is 3.20. The number of rotatable bonds is 4. The van der Waals surface area contributed by atoms with E-state index in [1.165, 1.54) is 10.4 Å². The monoisotopic (exact) mass is 263 g/mol. The van der Waals surface area contributed by atoms with Gasteiger partial charge in [-0.3, -0.25) is 0 Å². The van der Waals surface area contributed by atoms with Gasteiger partial charge in [0.2, 0.25) is 0 Å². The second kappa shape index (κ2) is 5.42. The molecule has 4 heteroatoms. The van der Waals surface area contributed by atoms with Crippen LogP contribution >= 0.6 is 11.3 Å². The maximum Gasteiger partial charge on any atom is 0.161 e. The van der Waals surface area contributed by atoms with E-state index in [1.54, 1.807) is 25.6 Å². The third kappa shape index (κ3) is 2.35. The van der Waals surface area contributed by atoms with Gasteiger partial charge < -0.3 is 15.2 Å². The van der Waals surface area contributed by atoms with E-state index in [9.17, 15) is 0 Å². The lowest BCUT2D eigenvalue weighted by atomic mass is 10.0. The maximum absolute atomic E-state index is 5.82. The van der Waals surface area contributed by atoms with Crippen LogP contribution in [-0.4, -0.2) is 14.2 Å². The highest BCUT2D eigenvalue weighted by atomic mass is 32.1. The van der Waals surface area contributed by atoms with Crippen LogP contribution in [0.4, 0.5) is 0 Å². The molecule has 0 amide bonds. The fraction of sp³-hybridized carbons (Fsp3) is 0.286. The van der Waals surface area contributed by atoms with E-state index in [0.717, 1.165) is 16.9 Å². The van der Waals surface area contributed by atoms with Gasteiger partial charge in [-0.05, 0) is 47.2 Å². The molecule has 0 atom stereocenters. The number of nitrogens with two attached hydrogens (primary N) is 1. The molecule has 0 spiro atoms. The lowest BCUT2D eigenvalue weighted by Crippen LogP contribution is -2.01. The Hall–Kier alpha value is -1.52. The van der Waals surface area contributed by atoms with Crippen molar-refractivity contribution in [3.63, 3.8) is 0 Å². The van der Waals surface area contributed by atoms with Crippen molar-refractivity contribution in [2.24, 2.45) is 5.73 Å². The van der Waals surface area contributed by atoms with E-state index < -0.39 is 0 Å². The molecule has 2 aromatic rings. The number of thiophene rings is 1. The zero-order chi connectivity index (χ0) is 13.1. The van der Waals surface area contributed by atoms with E-state index in [0.29, 0.717) is 12.3 Å². The van der Waals surface area contributed by atoms with Crippen LogP contribution in [0.2, 0.25) is 0 Å². The van der Waals surface area contributed by atoms with E-state index in [-0.39, 0.29) is 0 Å². The maximum atomic E-state index is 5.82. The summed E-state index contributed by atoms with van der Waals surface area (Å²) in [6.45, 7) is 2.57. The molecule has 0 radical (unpaired) electrons. The summed E-state index contributed by atoms with van der Waals surface area (Å²) >= 11 is 1.73. The Morgan fingerprint density at radius 1 is 1.11 bits per heavy atom. The summed E-state index contributed by atoms with van der Waals surface area (Å²) in [6, 6.07) is 6.09. The molecule has 0 saturated heterocycles. The first-order valence-corrected chi connectivity index (χ1v) is 6.58. The Morgan fingerprint density at radius 2 is 1.78 bits per heavy atom. The van der Waals surface area contributed by atoms with Crippen LogP contribution in [0.5, 0.6) is 11.5 Å². The SMILES string of the molecule is COc1cc(CN)c(-c2csc(C)c2)cc1OC. The fourth-order valence-corrected chi connectivity index (χ4v) is 2.65. The zero-order valence-electron chi connectivity index (χ0n) is 10.8. The summed E-state index contributed by atoms with van der Waals surface area (Å²) in [5.41, 5.74) is 9.17. The van der Waals surface area contributed by atoms with Crippen molar-refractivity contribution in [1.82, 2.24) is 0 Å². The van der Waals surface area contributed by atoms with E-state index >= 15 is 0 Å². The lowest BCUT2D eigenvalue weighted by molar-refractivity contribution is 0.354. The highest BCUT2D eigenvalue weighted by Crippen LogP contribution is 2.37. The molecule has 2 rings (SSSR count). The van der Waals surface area contributed by atoms with Crippen LogP contribution in [0, 0.1) is 6.92 Å². The Balaban J connectivity index is 2.58. The quantitative estimate of drug-likeness (QED) is 0.921. The molecule has 0 unspecified atom stereocenters. The van der Waals surface area contributed by atoms with Gasteiger partial charge in [0, 0.05) is 11.4 Å². The topological polar surface area (TPSA) is 44.5 Å². The first-order valence-electron chi connectivity index (χ1n) is 5.70. The summed E-state index contributed by atoms with van der Waals surface area (Å²) in [4.78, 5) is 1.28. The highest BCUT2D eigenvalue weighted by molar-refractivity contribution is 7.10. The summed E-state index contributed by atoms with van der Waals surface area (Å²) in [7, 11) is 3.27. The molecule has 1 aromatic carbocycles. The van der Waals surface area contributed by atoms with Gasteiger partial charge in [-0.1, -0.05) is 0 Å². The standard InChI is InChI=1S/C14H17NO2S/c1-9-4-11(8-18-9)12-6-14(17-3)13(16-2)5-10(12)7-15/h4-6,8H,7,15H2,1-3H3. The van der Waals surface area contributed by atoms with Crippen LogP contribution in [-0.2, 0) is 6.54 Å². The molecule has 96 valence electrons. The van der Waals surface area contributed by atoms with Crippen molar-refractivity contribution in [2.75, 3.05) is 14.2 Å². The smallest absolute Gasteiger partial charge is 0.161 e. The van der Waals surface area contributed by atoms with E-state index in [4.69, 9.17) is 15.2 Å². The molecule has 0 aliphatic carbocycles. The van der Waals surface area contributed by atoms with Crippen molar-refractivity contribution < 1.29 is 9.47 Å². The number of aryl methyl sites for hydroxylation is 1. The summed E-state index contributed by atoms with van der Waals surface area (Å²) in [5, 5.41) is 2.13. The van der Waals surface area contributed by atoms with E-state index in [1.807, 2.05) is 12.1 Å². The van der Waals surface area contributed by atoms with Gasteiger partial charge in [0.1, 0.15) is 0 Å². The Kier molecular flexibility index (Phi) is 3.89. The van der Waals surface area contributed by atoms with Crippen LogP contribution in [0.1, 0.15) is 10.4 Å². The summed E-state index contributed by atoms with van der Waals surface area (Å²) < 4.78 is 10.6. The zero-order valence-corrected chi connectivity index (χ0v) is 11.6. The lowest BCUT2D eigenvalue weighted by Gasteiger charge is -2.13. The van der Waals surface area contributed by atoms with Gasteiger partial charge in [-0.15, -0.1) is 11.3 Å². The van der Waals surface area contributed by atoms with Crippen molar-refractivity contribution in [1.29, 1.82) is 0 Å². The van der Waals surface area contributed by atoms with Gasteiger partial charge in [-0.2, -0.15) is 0 Å². The van der Waals surface area contributed by atoms with Crippen LogP contribution in [0.15, 0.2) is 23.6 Å². The molecule has 3 nitrogen and oxygen atoms in total. The van der Waals surface area contributed by atoms with Gasteiger partial charge in [0.25, 0.3) is 0 Å². The molecule has 2 N–H and O–H groups in total. The minimum absolute atomic E-state index is 0.477. The molecular formula is C14H17NO2S. The normalized spacial score (nSPS) is 10.4. The molecule has 1 heterocycles. The largest absolute Gasteiger partial charge is 0.493 e. The molecule has 18 heavy (non-hydrogen) atoms. The molecule has 0 saturated carbocycles. The highest BCUT2D eigenvalue weighted by Gasteiger charge is 2.12. The van der Waals surface area contributed by atoms with Crippen LogP contribution < -0.4 is 15.2 Å². The fourth-order valence-electron chi connectivity index (χ4n) is 1.94. The molecule has 0 fully saturated rings. The Bertz CT molecular complexity index is 549. The third-order valence-electron chi connectivity index (χ3n) is 2.87. The minimum atomic E-state index is 0.477. The van der Waals surface area contributed by atoms with Crippen molar-refractivity contribution in [2.45, 2.75) is 13.5 Å². The molecule has 0 bridgehead atoms. The van der Waals surface area contributed by atoms with Crippen molar-refractivity contribution in [3.8, 4) is 22.6 Å². The number of hydrogen-bond acceptors (Lipinski definition) is 4. The second-order valence-electron chi connectivity index (χ2n) is 4.01. The Morgan fingerprint density at radius 3 is 2.28 bits per heavy atom. The molecule has 0 aliphatic rings. The van der Waals surface area contributed by atoms with Gasteiger partial charge in [0.05, 0.1) is 14.2 Å². The number of ether oxygens (including phenoxy) is 2. The molecule has 0 aliphatic heterocycles. The van der Waals surface area contributed by atoms with Crippen LogP contribution in [0.3, 0.4) is 0 Å². The second-order valence-corrected chi connectivity index (χ2v) is 5.13. The summed E-state index contributed by atoms with van der Waals surface area (Å²) in [5.74, 6) is 1.45. The molecular weight excluding hydrogens is 246 g/mol. The van der Waals surface area contributed by atoms with Crippen LogP contribution in [0.25, 0.3) is 11.1 Å². The predicted molar refractivity (Wildman–Crippen MR) is 75.5 cm³/mol. The first kappa shape index (κ1) is 12.9. The Labute approximate surface area is 111 Å². The van der Waals surface area contributed by atoms with Gasteiger partial charge in [-0.25, -0.2) is 0 Å². The van der Waals surface area contributed by atoms with E-state index in [2.05, 4.69) is 18.4 Å². The van der Waals surface area contributed by atoms with Gasteiger partial charge in [0.15, 0.2) is 11.5 Å². The average Bonchev–Trinajstić information content (AvgIpc) is 2.83. The average molecular weight is 263 g/mol. The third-order valence-corrected chi connectivity index (χ3v) is 3.73. The number of hydrogen-bond donors (Lipinski definition) is 1. The van der Waals surface area contributed by atoms with Gasteiger partial charge >= 0.3 is 0 Å². The number of methoxy groups -OCH3 is 2. The minimum Gasteiger partial charge on any atom is -0.493 e. The molecule has 1 aromatic heterocycles. The first-order chi connectivity index (χ1) is 8.69. The summed E-state index contributed by atoms with van der Waals surface area (Å²) in [6.07, 6.45) is 0.